The second kappa shape index (κ2) is 5.41. The molecule has 0 amide bonds. The molecule has 3 rings (SSSR count). The number of benzene rings is 2. The number of pyridine rings is 1. The first kappa shape index (κ1) is 12.2. The van der Waals surface area contributed by atoms with E-state index in [1.807, 2.05) is 42.5 Å². The van der Waals surface area contributed by atoms with E-state index in [0.29, 0.717) is 6.61 Å². The quantitative estimate of drug-likeness (QED) is 0.706. The van der Waals surface area contributed by atoms with E-state index in [0.717, 1.165) is 26.7 Å². The molecule has 0 spiro atoms. The van der Waals surface area contributed by atoms with Crippen molar-refractivity contribution in [2.45, 2.75) is 6.61 Å². The highest BCUT2D eigenvalue weighted by atomic mass is 79.9. The van der Waals surface area contributed by atoms with Crippen molar-refractivity contribution in [3.8, 4) is 5.75 Å². The van der Waals surface area contributed by atoms with Gasteiger partial charge in [0.2, 0.25) is 0 Å². The van der Waals surface area contributed by atoms with Gasteiger partial charge in [0.25, 0.3) is 0 Å². The van der Waals surface area contributed by atoms with Crippen LogP contribution in [0.1, 0.15) is 5.56 Å². The van der Waals surface area contributed by atoms with Crippen LogP contribution in [0, 0.1) is 0 Å². The van der Waals surface area contributed by atoms with Crippen LogP contribution in [0.25, 0.3) is 10.9 Å². The van der Waals surface area contributed by atoms with E-state index < -0.39 is 0 Å². The molecule has 3 heteroatoms. The lowest BCUT2D eigenvalue weighted by Gasteiger charge is -2.09. The second-order valence-corrected chi connectivity index (χ2v) is 5.07. The van der Waals surface area contributed by atoms with Crippen molar-refractivity contribution < 1.29 is 4.74 Å². The number of halogens is 1. The number of ether oxygens (including phenoxy) is 1. The third-order valence-corrected chi connectivity index (χ3v) is 3.61. The van der Waals surface area contributed by atoms with E-state index >= 15 is 0 Å². The van der Waals surface area contributed by atoms with Crippen LogP contribution < -0.4 is 4.74 Å². The predicted octanol–water partition coefficient (Wildman–Crippen LogP) is 4.58. The Bertz CT molecular complexity index is 697. The maximum Gasteiger partial charge on any atom is 0.146 e. The van der Waals surface area contributed by atoms with E-state index in [1.165, 1.54) is 0 Å². The van der Waals surface area contributed by atoms with Crippen LogP contribution in [-0.2, 0) is 6.61 Å². The summed E-state index contributed by atoms with van der Waals surface area (Å²) in [6.45, 7) is 0.550. The third-order valence-electron chi connectivity index (χ3n) is 2.92. The second-order valence-electron chi connectivity index (χ2n) is 4.22. The molecule has 0 atom stereocenters. The van der Waals surface area contributed by atoms with E-state index in [1.54, 1.807) is 6.20 Å². The molecule has 2 aromatic carbocycles. The Hall–Kier alpha value is -1.87. The predicted molar refractivity (Wildman–Crippen MR) is 80.2 cm³/mol. The smallest absolute Gasteiger partial charge is 0.146 e. The van der Waals surface area contributed by atoms with Gasteiger partial charge in [-0.15, -0.1) is 0 Å². The van der Waals surface area contributed by atoms with E-state index in [4.69, 9.17) is 4.74 Å². The lowest BCUT2D eigenvalue weighted by Crippen LogP contribution is -1.96. The maximum absolute atomic E-state index is 5.88. The van der Waals surface area contributed by atoms with Gasteiger partial charge in [0.15, 0.2) is 0 Å². The van der Waals surface area contributed by atoms with Gasteiger partial charge >= 0.3 is 0 Å². The molecule has 0 radical (unpaired) electrons. The summed E-state index contributed by atoms with van der Waals surface area (Å²) >= 11 is 3.53. The van der Waals surface area contributed by atoms with Gasteiger partial charge < -0.3 is 4.74 Å². The highest BCUT2D eigenvalue weighted by Crippen LogP contribution is 2.29. The van der Waals surface area contributed by atoms with Crippen molar-refractivity contribution >= 4 is 26.8 Å². The molecule has 2 nitrogen and oxygen atoms in total. The van der Waals surface area contributed by atoms with Gasteiger partial charge in [0, 0.05) is 16.1 Å². The molecule has 0 aliphatic rings. The molecule has 1 aromatic heterocycles. The molecule has 0 saturated heterocycles. The Kier molecular flexibility index (Phi) is 3.47. The Morgan fingerprint density at radius 3 is 2.63 bits per heavy atom. The van der Waals surface area contributed by atoms with Crippen molar-refractivity contribution in [3.05, 3.63) is 70.8 Å². The Balaban J connectivity index is 1.91. The molecule has 0 saturated carbocycles. The molecule has 19 heavy (non-hydrogen) atoms. The summed E-state index contributed by atoms with van der Waals surface area (Å²) in [7, 11) is 0. The average molecular weight is 314 g/mol. The molecule has 3 aromatic rings. The third kappa shape index (κ3) is 2.61. The standard InChI is InChI=1S/C16H12BrNO/c17-14-9-10-18-16-13(14)7-4-8-15(16)19-11-12-5-2-1-3-6-12/h1-10H,11H2. The van der Waals surface area contributed by atoms with Crippen LogP contribution in [0.4, 0.5) is 0 Å². The maximum atomic E-state index is 5.88. The summed E-state index contributed by atoms with van der Waals surface area (Å²) in [5.41, 5.74) is 2.03. The number of fused-ring (bicyclic) bond motifs is 1. The van der Waals surface area contributed by atoms with Crippen molar-refractivity contribution in [3.63, 3.8) is 0 Å². The highest BCUT2D eigenvalue weighted by molar-refractivity contribution is 9.10. The first-order valence-electron chi connectivity index (χ1n) is 6.04. The summed E-state index contributed by atoms with van der Waals surface area (Å²) in [4.78, 5) is 4.40. The fourth-order valence-electron chi connectivity index (χ4n) is 1.97. The lowest BCUT2D eigenvalue weighted by molar-refractivity contribution is 0.309. The number of rotatable bonds is 3. The fourth-order valence-corrected chi connectivity index (χ4v) is 2.41. The van der Waals surface area contributed by atoms with Crippen LogP contribution in [0.2, 0.25) is 0 Å². The summed E-state index contributed by atoms with van der Waals surface area (Å²) in [5.74, 6) is 0.808. The Morgan fingerprint density at radius 1 is 0.947 bits per heavy atom. The van der Waals surface area contributed by atoms with Crippen molar-refractivity contribution in [2.75, 3.05) is 0 Å². The van der Waals surface area contributed by atoms with Gasteiger partial charge in [-0.25, -0.2) is 0 Å². The zero-order valence-corrected chi connectivity index (χ0v) is 11.8. The topological polar surface area (TPSA) is 22.1 Å². The molecule has 0 bridgehead atoms. The van der Waals surface area contributed by atoms with Gasteiger partial charge in [0.1, 0.15) is 17.9 Å². The van der Waals surface area contributed by atoms with Gasteiger partial charge in [0.05, 0.1) is 0 Å². The molecule has 0 aliphatic carbocycles. The Morgan fingerprint density at radius 2 is 1.79 bits per heavy atom. The van der Waals surface area contributed by atoms with Crippen LogP contribution in [0.15, 0.2) is 65.3 Å². The zero-order chi connectivity index (χ0) is 13.1. The van der Waals surface area contributed by atoms with Crippen LogP contribution in [-0.4, -0.2) is 4.98 Å². The lowest BCUT2D eigenvalue weighted by atomic mass is 10.2. The van der Waals surface area contributed by atoms with E-state index in [9.17, 15) is 0 Å². The molecule has 0 unspecified atom stereocenters. The number of hydrogen-bond donors (Lipinski definition) is 0. The van der Waals surface area contributed by atoms with Crippen molar-refractivity contribution in [1.82, 2.24) is 4.98 Å². The van der Waals surface area contributed by atoms with E-state index in [2.05, 4.69) is 33.0 Å². The van der Waals surface area contributed by atoms with Gasteiger partial charge in [-0.1, -0.05) is 58.4 Å². The molecule has 0 aliphatic heterocycles. The summed E-state index contributed by atoms with van der Waals surface area (Å²) in [6.07, 6.45) is 1.78. The summed E-state index contributed by atoms with van der Waals surface area (Å²) in [6, 6.07) is 18.0. The first-order chi connectivity index (χ1) is 9.34. The van der Waals surface area contributed by atoms with Crippen LogP contribution in [0.3, 0.4) is 0 Å². The van der Waals surface area contributed by atoms with Gasteiger partial charge in [-0.2, -0.15) is 0 Å². The van der Waals surface area contributed by atoms with Crippen molar-refractivity contribution in [1.29, 1.82) is 0 Å². The number of nitrogens with zero attached hydrogens (tertiary/aromatic N) is 1. The monoisotopic (exact) mass is 313 g/mol. The summed E-state index contributed by atoms with van der Waals surface area (Å²) in [5, 5.41) is 1.06. The van der Waals surface area contributed by atoms with Crippen LogP contribution >= 0.6 is 15.9 Å². The summed E-state index contributed by atoms with van der Waals surface area (Å²) < 4.78 is 6.91. The van der Waals surface area contributed by atoms with E-state index in [-0.39, 0.29) is 0 Å². The minimum absolute atomic E-state index is 0.550. The number of para-hydroxylation sites is 1. The fraction of sp³-hybridized carbons (Fsp3) is 0.0625. The SMILES string of the molecule is Brc1ccnc2c(OCc3ccccc3)cccc12. The van der Waals surface area contributed by atoms with Gasteiger partial charge in [-0.3, -0.25) is 4.98 Å². The minimum Gasteiger partial charge on any atom is -0.487 e. The largest absolute Gasteiger partial charge is 0.487 e. The van der Waals surface area contributed by atoms with Crippen LogP contribution in [0.5, 0.6) is 5.75 Å². The minimum atomic E-state index is 0.550. The number of aromatic nitrogens is 1. The zero-order valence-electron chi connectivity index (χ0n) is 10.2. The Labute approximate surface area is 120 Å². The highest BCUT2D eigenvalue weighted by Gasteiger charge is 2.05. The molecular formula is C16H12BrNO. The van der Waals surface area contributed by atoms with Crippen molar-refractivity contribution in [2.24, 2.45) is 0 Å². The molecule has 0 N–H and O–H groups in total. The normalized spacial score (nSPS) is 10.6. The molecule has 1 heterocycles. The molecular weight excluding hydrogens is 302 g/mol. The molecule has 94 valence electrons. The first-order valence-corrected chi connectivity index (χ1v) is 6.84. The van der Waals surface area contributed by atoms with Gasteiger partial charge in [-0.05, 0) is 17.7 Å². The number of hydrogen-bond acceptors (Lipinski definition) is 2. The average Bonchev–Trinajstić information content (AvgIpc) is 2.47. The molecule has 0 fully saturated rings.